The first-order valence-electron chi connectivity index (χ1n) is 5.54. The van der Waals surface area contributed by atoms with Crippen molar-refractivity contribution in [2.75, 3.05) is 0 Å². The second-order valence-corrected chi connectivity index (χ2v) is 4.78. The fraction of sp³-hybridized carbons (Fsp3) is 0. The lowest BCUT2D eigenvalue weighted by Gasteiger charge is -2.04. The Morgan fingerprint density at radius 1 is 1.00 bits per heavy atom. The molecule has 0 N–H and O–H groups in total. The van der Waals surface area contributed by atoms with Crippen LogP contribution >= 0.6 is 11.3 Å². The van der Waals surface area contributed by atoms with Crippen molar-refractivity contribution in [3.05, 3.63) is 48.4 Å². The van der Waals surface area contributed by atoms with Gasteiger partial charge >= 0.3 is 0 Å². The first kappa shape index (κ1) is 9.73. The van der Waals surface area contributed by atoms with Gasteiger partial charge in [-0.25, -0.2) is 15.0 Å². The lowest BCUT2D eigenvalue weighted by atomic mass is 10.2. The minimum absolute atomic E-state index is 0.836. The zero-order valence-electron chi connectivity index (χ0n) is 9.32. The van der Waals surface area contributed by atoms with Gasteiger partial charge in [0, 0.05) is 6.20 Å². The van der Waals surface area contributed by atoms with Crippen LogP contribution in [0.3, 0.4) is 0 Å². The molecule has 0 unspecified atom stereocenters. The number of hydrogen-bond acceptors (Lipinski definition) is 4. The molecule has 86 valence electrons. The highest BCUT2D eigenvalue weighted by Crippen LogP contribution is 2.24. The van der Waals surface area contributed by atoms with Crippen molar-refractivity contribution >= 4 is 32.6 Å². The van der Waals surface area contributed by atoms with Crippen LogP contribution in [0.15, 0.2) is 48.4 Å². The molecule has 0 saturated heterocycles. The van der Waals surface area contributed by atoms with Crippen LogP contribution in [-0.2, 0) is 0 Å². The van der Waals surface area contributed by atoms with E-state index in [4.69, 9.17) is 0 Å². The smallest absolute Gasteiger partial charge is 0.168 e. The fourth-order valence-corrected chi connectivity index (χ4v) is 2.75. The third-order valence-corrected chi connectivity index (χ3v) is 3.68. The van der Waals surface area contributed by atoms with Crippen LogP contribution in [0.5, 0.6) is 0 Å². The summed E-state index contributed by atoms with van der Waals surface area (Å²) in [6.07, 6.45) is 3.61. The van der Waals surface area contributed by atoms with Crippen LogP contribution in [0.25, 0.3) is 27.1 Å². The van der Waals surface area contributed by atoms with E-state index in [9.17, 15) is 0 Å². The molecule has 0 radical (unpaired) electrons. The minimum Gasteiger partial charge on any atom is -0.299 e. The SMILES string of the molecule is c1ccc2c(c1)ccn2-c1ncnc2scnc12. The van der Waals surface area contributed by atoms with Crippen molar-refractivity contribution in [1.82, 2.24) is 19.5 Å². The minimum atomic E-state index is 0.836. The average Bonchev–Trinajstić information content (AvgIpc) is 3.05. The van der Waals surface area contributed by atoms with E-state index in [0.717, 1.165) is 21.7 Å². The van der Waals surface area contributed by atoms with Gasteiger partial charge in [0.1, 0.15) is 16.7 Å². The van der Waals surface area contributed by atoms with Crippen molar-refractivity contribution in [3.8, 4) is 5.82 Å². The van der Waals surface area contributed by atoms with Crippen LogP contribution < -0.4 is 0 Å². The molecule has 3 heterocycles. The molecule has 0 aliphatic carbocycles. The number of aromatic nitrogens is 4. The lowest BCUT2D eigenvalue weighted by Crippen LogP contribution is -1.97. The first-order valence-corrected chi connectivity index (χ1v) is 6.42. The van der Waals surface area contributed by atoms with Gasteiger partial charge in [-0.1, -0.05) is 18.2 Å². The third-order valence-electron chi connectivity index (χ3n) is 2.94. The summed E-state index contributed by atoms with van der Waals surface area (Å²) in [7, 11) is 0. The highest BCUT2D eigenvalue weighted by molar-refractivity contribution is 7.16. The van der Waals surface area contributed by atoms with Crippen LogP contribution in [0.2, 0.25) is 0 Å². The summed E-state index contributed by atoms with van der Waals surface area (Å²) in [5, 5.41) is 1.19. The standard InChI is InChI=1S/C13H8N4S/c1-2-4-10-9(3-1)5-6-17(10)12-11-13(15-7-14-12)18-8-16-11/h1-8H. The number of benzene rings is 1. The van der Waals surface area contributed by atoms with Crippen LogP contribution in [-0.4, -0.2) is 19.5 Å². The van der Waals surface area contributed by atoms with Crippen LogP contribution in [0, 0.1) is 0 Å². The van der Waals surface area contributed by atoms with E-state index in [1.54, 1.807) is 11.8 Å². The van der Waals surface area contributed by atoms with Crippen LogP contribution in [0.1, 0.15) is 0 Å². The van der Waals surface area contributed by atoms with E-state index in [2.05, 4.69) is 37.7 Å². The molecular weight excluding hydrogens is 244 g/mol. The quantitative estimate of drug-likeness (QED) is 0.523. The van der Waals surface area contributed by atoms with E-state index < -0.39 is 0 Å². The van der Waals surface area contributed by atoms with Crippen molar-refractivity contribution in [3.63, 3.8) is 0 Å². The van der Waals surface area contributed by atoms with E-state index >= 15 is 0 Å². The number of thiazole rings is 1. The highest BCUT2D eigenvalue weighted by atomic mass is 32.1. The molecule has 18 heavy (non-hydrogen) atoms. The summed E-state index contributed by atoms with van der Waals surface area (Å²) < 4.78 is 2.05. The third kappa shape index (κ3) is 1.28. The van der Waals surface area contributed by atoms with Crippen molar-refractivity contribution in [2.45, 2.75) is 0 Å². The monoisotopic (exact) mass is 252 g/mol. The number of fused-ring (bicyclic) bond motifs is 2. The van der Waals surface area contributed by atoms with Crippen molar-refractivity contribution in [1.29, 1.82) is 0 Å². The van der Waals surface area contributed by atoms with E-state index in [1.807, 2.05) is 18.3 Å². The molecule has 4 aromatic rings. The second-order valence-electron chi connectivity index (χ2n) is 3.95. The Kier molecular flexibility index (Phi) is 1.95. The maximum Gasteiger partial charge on any atom is 0.168 e. The number of para-hydroxylation sites is 1. The summed E-state index contributed by atoms with van der Waals surface area (Å²) >= 11 is 1.53. The fourth-order valence-electron chi connectivity index (χ4n) is 2.13. The number of rotatable bonds is 1. The lowest BCUT2D eigenvalue weighted by molar-refractivity contribution is 1.03. The van der Waals surface area contributed by atoms with Crippen LogP contribution in [0.4, 0.5) is 0 Å². The number of nitrogens with zero attached hydrogens (tertiary/aromatic N) is 4. The maximum absolute atomic E-state index is 4.37. The van der Waals surface area contributed by atoms with Gasteiger partial charge in [0.2, 0.25) is 0 Å². The average molecular weight is 252 g/mol. The molecule has 4 rings (SSSR count). The van der Waals surface area contributed by atoms with Gasteiger partial charge < -0.3 is 0 Å². The van der Waals surface area contributed by atoms with Gasteiger partial charge in [0.25, 0.3) is 0 Å². The molecule has 0 aliphatic heterocycles. The Balaban J connectivity index is 2.10. The normalized spacial score (nSPS) is 11.3. The zero-order chi connectivity index (χ0) is 11.9. The van der Waals surface area contributed by atoms with Gasteiger partial charge in [-0.3, -0.25) is 4.57 Å². The molecule has 4 nitrogen and oxygen atoms in total. The Morgan fingerprint density at radius 2 is 1.94 bits per heavy atom. The molecule has 0 aliphatic rings. The topological polar surface area (TPSA) is 43.6 Å². The molecule has 1 aromatic carbocycles. The van der Waals surface area contributed by atoms with Gasteiger partial charge in [-0.05, 0) is 17.5 Å². The van der Waals surface area contributed by atoms with E-state index in [-0.39, 0.29) is 0 Å². The molecule has 0 spiro atoms. The summed E-state index contributed by atoms with van der Waals surface area (Å²) in [6.45, 7) is 0. The maximum atomic E-state index is 4.37. The summed E-state index contributed by atoms with van der Waals surface area (Å²) in [6, 6.07) is 10.3. The summed E-state index contributed by atoms with van der Waals surface area (Å²) in [4.78, 5) is 13.9. The predicted molar refractivity (Wildman–Crippen MR) is 72.0 cm³/mol. The van der Waals surface area contributed by atoms with Crippen molar-refractivity contribution in [2.24, 2.45) is 0 Å². The molecule has 0 saturated carbocycles. The molecule has 5 heteroatoms. The van der Waals surface area contributed by atoms with Gasteiger partial charge in [-0.15, -0.1) is 11.3 Å². The number of hydrogen-bond donors (Lipinski definition) is 0. The molecule has 0 amide bonds. The Bertz CT molecular complexity index is 846. The Labute approximate surface area is 107 Å². The Morgan fingerprint density at radius 3 is 2.94 bits per heavy atom. The summed E-state index contributed by atoms with van der Waals surface area (Å²) in [5.74, 6) is 0.836. The first-order chi connectivity index (χ1) is 8.93. The van der Waals surface area contributed by atoms with Gasteiger partial charge in [0.05, 0.1) is 11.0 Å². The summed E-state index contributed by atoms with van der Waals surface area (Å²) in [5.41, 5.74) is 3.78. The second kappa shape index (κ2) is 3.61. The van der Waals surface area contributed by atoms with Gasteiger partial charge in [-0.2, -0.15) is 0 Å². The largest absolute Gasteiger partial charge is 0.299 e. The van der Waals surface area contributed by atoms with E-state index in [0.29, 0.717) is 0 Å². The molecular formula is C13H8N4S. The molecule has 0 atom stereocenters. The molecule has 0 fully saturated rings. The highest BCUT2D eigenvalue weighted by Gasteiger charge is 2.10. The molecule has 3 aromatic heterocycles. The zero-order valence-corrected chi connectivity index (χ0v) is 10.1. The Hall–Kier alpha value is -2.27. The van der Waals surface area contributed by atoms with E-state index in [1.165, 1.54) is 16.7 Å². The van der Waals surface area contributed by atoms with Gasteiger partial charge in [0.15, 0.2) is 5.82 Å². The van der Waals surface area contributed by atoms with Crippen molar-refractivity contribution < 1.29 is 0 Å². The predicted octanol–water partition coefficient (Wildman–Crippen LogP) is 3.03. The molecule has 0 bridgehead atoms.